The lowest BCUT2D eigenvalue weighted by Gasteiger charge is -2.09. The molecule has 4 aromatic rings. The molecule has 1 N–H and O–H groups in total. The summed E-state index contributed by atoms with van der Waals surface area (Å²) in [6.07, 6.45) is 2.00. The number of carbonyl (C=O) groups excluding carboxylic acids is 1. The van der Waals surface area contributed by atoms with Crippen LogP contribution in [0, 0.1) is 13.8 Å². The van der Waals surface area contributed by atoms with Gasteiger partial charge in [0.2, 0.25) is 5.91 Å². The average Bonchev–Trinajstić information content (AvgIpc) is 3.05. The Hall–Kier alpha value is -3.05. The number of benzene rings is 2. The fourth-order valence-electron chi connectivity index (χ4n) is 3.10. The minimum atomic E-state index is -0.0475. The molecule has 0 spiro atoms. The van der Waals surface area contributed by atoms with E-state index in [1.807, 2.05) is 78.2 Å². The zero-order valence-electron chi connectivity index (χ0n) is 15.8. The smallest absolute Gasteiger partial charge is 0.235 e. The van der Waals surface area contributed by atoms with Crippen LogP contribution < -0.4 is 5.32 Å². The van der Waals surface area contributed by atoms with Crippen molar-refractivity contribution in [3.63, 3.8) is 0 Å². The fourth-order valence-corrected chi connectivity index (χ4v) is 3.93. The largest absolute Gasteiger partial charge is 0.309 e. The van der Waals surface area contributed by atoms with E-state index in [2.05, 4.69) is 18.3 Å². The summed E-state index contributed by atoms with van der Waals surface area (Å²) in [4.78, 5) is 18.6. The van der Waals surface area contributed by atoms with Crippen LogP contribution in [0.1, 0.15) is 11.1 Å². The van der Waals surface area contributed by atoms with E-state index in [1.54, 1.807) is 11.8 Å². The van der Waals surface area contributed by atoms with Crippen molar-refractivity contribution in [3.05, 3.63) is 84.1 Å². The highest BCUT2D eigenvalue weighted by atomic mass is 32.2. The zero-order valence-corrected chi connectivity index (χ0v) is 16.7. The van der Waals surface area contributed by atoms with Crippen LogP contribution in [-0.4, -0.2) is 21.0 Å². The molecule has 2 aromatic carbocycles. The third-order valence-corrected chi connectivity index (χ3v) is 5.70. The lowest BCUT2D eigenvalue weighted by atomic mass is 10.1. The molecule has 0 fully saturated rings. The van der Waals surface area contributed by atoms with Gasteiger partial charge >= 0.3 is 0 Å². The van der Waals surface area contributed by atoms with E-state index >= 15 is 0 Å². The van der Waals surface area contributed by atoms with Crippen molar-refractivity contribution in [2.24, 2.45) is 0 Å². The highest BCUT2D eigenvalue weighted by molar-refractivity contribution is 8.00. The first-order valence-electron chi connectivity index (χ1n) is 9.14. The van der Waals surface area contributed by atoms with Gasteiger partial charge in [-0.2, -0.15) is 0 Å². The van der Waals surface area contributed by atoms with Gasteiger partial charge < -0.3 is 5.32 Å². The predicted molar refractivity (Wildman–Crippen MR) is 116 cm³/mol. The van der Waals surface area contributed by atoms with Gasteiger partial charge in [-0.15, -0.1) is 11.8 Å². The monoisotopic (exact) mass is 387 g/mol. The number of imidazole rings is 1. The molecular formula is C23H21N3OS. The van der Waals surface area contributed by atoms with Crippen LogP contribution in [0.25, 0.3) is 16.9 Å². The Balaban J connectivity index is 1.64. The Morgan fingerprint density at radius 3 is 2.54 bits per heavy atom. The molecule has 2 aromatic heterocycles. The molecule has 0 saturated carbocycles. The van der Waals surface area contributed by atoms with Crippen molar-refractivity contribution in [1.82, 2.24) is 9.38 Å². The van der Waals surface area contributed by atoms with Crippen molar-refractivity contribution in [2.45, 2.75) is 18.7 Å². The Labute approximate surface area is 168 Å². The van der Waals surface area contributed by atoms with Crippen LogP contribution in [0.15, 0.2) is 77.8 Å². The number of aromatic nitrogens is 2. The van der Waals surface area contributed by atoms with E-state index in [0.717, 1.165) is 27.4 Å². The first-order valence-corrected chi connectivity index (χ1v) is 10.1. The van der Waals surface area contributed by atoms with Gasteiger partial charge in [0.05, 0.1) is 5.75 Å². The van der Waals surface area contributed by atoms with Crippen molar-refractivity contribution >= 4 is 29.1 Å². The molecule has 0 saturated heterocycles. The maximum absolute atomic E-state index is 12.7. The molecule has 4 rings (SSSR count). The third kappa shape index (κ3) is 3.80. The molecule has 0 atom stereocenters. The molecule has 0 aliphatic heterocycles. The Kier molecular flexibility index (Phi) is 5.17. The number of rotatable bonds is 5. The van der Waals surface area contributed by atoms with Crippen molar-refractivity contribution < 1.29 is 4.79 Å². The predicted octanol–water partition coefficient (Wildman–Crippen LogP) is 5.35. The molecule has 0 radical (unpaired) electrons. The number of anilines is 1. The molecule has 5 heteroatoms. The van der Waals surface area contributed by atoms with Gasteiger partial charge in [0.25, 0.3) is 0 Å². The van der Waals surface area contributed by atoms with E-state index in [1.165, 1.54) is 5.56 Å². The summed E-state index contributed by atoms with van der Waals surface area (Å²) in [7, 11) is 0. The van der Waals surface area contributed by atoms with E-state index in [-0.39, 0.29) is 5.91 Å². The van der Waals surface area contributed by atoms with Gasteiger partial charge in [0, 0.05) is 16.7 Å². The van der Waals surface area contributed by atoms with Crippen LogP contribution in [0.2, 0.25) is 0 Å². The molecule has 1 amide bonds. The van der Waals surface area contributed by atoms with E-state index in [4.69, 9.17) is 4.98 Å². The summed E-state index contributed by atoms with van der Waals surface area (Å²) >= 11 is 1.55. The topological polar surface area (TPSA) is 46.4 Å². The Bertz CT molecular complexity index is 1140. The summed E-state index contributed by atoms with van der Waals surface area (Å²) in [6.45, 7) is 4.09. The fraction of sp³-hybridized carbons (Fsp3) is 0.130. The number of fused-ring (bicyclic) bond motifs is 1. The number of pyridine rings is 1. The van der Waals surface area contributed by atoms with Crippen LogP contribution in [-0.2, 0) is 4.79 Å². The summed E-state index contributed by atoms with van der Waals surface area (Å²) in [6, 6.07) is 22.0. The second-order valence-electron chi connectivity index (χ2n) is 6.71. The molecular weight excluding hydrogens is 366 g/mol. The maximum atomic E-state index is 12.7. The number of carbonyl (C=O) groups is 1. The lowest BCUT2D eigenvalue weighted by molar-refractivity contribution is -0.113. The number of hydrogen-bond donors (Lipinski definition) is 1. The van der Waals surface area contributed by atoms with E-state index < -0.39 is 0 Å². The van der Waals surface area contributed by atoms with Crippen LogP contribution in [0.4, 0.5) is 5.82 Å². The summed E-state index contributed by atoms with van der Waals surface area (Å²) < 4.78 is 1.95. The third-order valence-electron chi connectivity index (χ3n) is 4.52. The van der Waals surface area contributed by atoms with Gasteiger partial charge in [0.15, 0.2) is 0 Å². The van der Waals surface area contributed by atoms with Crippen molar-refractivity contribution in [3.8, 4) is 11.3 Å². The second-order valence-corrected chi connectivity index (χ2v) is 7.73. The lowest BCUT2D eigenvalue weighted by Crippen LogP contribution is -2.16. The molecule has 2 heterocycles. The normalized spacial score (nSPS) is 10.9. The van der Waals surface area contributed by atoms with Gasteiger partial charge in [-0.3, -0.25) is 9.20 Å². The maximum Gasteiger partial charge on any atom is 0.235 e. The molecule has 28 heavy (non-hydrogen) atoms. The zero-order chi connectivity index (χ0) is 19.5. The number of nitrogens with one attached hydrogen (secondary N) is 1. The van der Waals surface area contributed by atoms with Crippen LogP contribution in [0.3, 0.4) is 0 Å². The average molecular weight is 388 g/mol. The Morgan fingerprint density at radius 1 is 1.00 bits per heavy atom. The quantitative estimate of drug-likeness (QED) is 0.470. The molecule has 140 valence electrons. The standard InChI is InChI=1S/C23H21N3OS/c1-16-12-13-20-24-22(18-9-4-3-5-10-18)23(26(20)14-16)25-21(27)15-28-19-11-7-6-8-17(19)2/h3-14H,15H2,1-2H3,(H,25,27). The van der Waals surface area contributed by atoms with E-state index in [9.17, 15) is 4.79 Å². The Morgan fingerprint density at radius 2 is 1.75 bits per heavy atom. The van der Waals surface area contributed by atoms with Crippen LogP contribution in [0.5, 0.6) is 0 Å². The van der Waals surface area contributed by atoms with Crippen molar-refractivity contribution in [1.29, 1.82) is 0 Å². The highest BCUT2D eigenvalue weighted by Gasteiger charge is 2.16. The minimum absolute atomic E-state index is 0.0475. The molecule has 4 nitrogen and oxygen atoms in total. The molecule has 0 bridgehead atoms. The summed E-state index contributed by atoms with van der Waals surface area (Å²) in [5.74, 6) is 1.01. The molecule has 0 aliphatic rings. The summed E-state index contributed by atoms with van der Waals surface area (Å²) in [5.41, 5.74) is 4.85. The summed E-state index contributed by atoms with van der Waals surface area (Å²) in [5, 5.41) is 3.09. The van der Waals surface area contributed by atoms with Crippen molar-refractivity contribution in [2.75, 3.05) is 11.1 Å². The molecule has 0 aliphatic carbocycles. The first-order chi connectivity index (χ1) is 13.6. The first kappa shape index (κ1) is 18.3. The number of aryl methyl sites for hydroxylation is 2. The SMILES string of the molecule is Cc1ccc2nc(-c3ccccc3)c(NC(=O)CSc3ccccc3C)n2c1. The number of thioether (sulfide) groups is 1. The molecule has 0 unspecified atom stereocenters. The van der Waals surface area contributed by atoms with Gasteiger partial charge in [-0.05, 0) is 37.1 Å². The van der Waals surface area contributed by atoms with Gasteiger partial charge in [0.1, 0.15) is 17.2 Å². The number of hydrogen-bond acceptors (Lipinski definition) is 3. The van der Waals surface area contributed by atoms with Gasteiger partial charge in [-0.1, -0.05) is 54.6 Å². The van der Waals surface area contributed by atoms with Crippen LogP contribution >= 0.6 is 11.8 Å². The van der Waals surface area contributed by atoms with Gasteiger partial charge in [-0.25, -0.2) is 4.98 Å². The number of nitrogens with zero attached hydrogens (tertiary/aromatic N) is 2. The highest BCUT2D eigenvalue weighted by Crippen LogP contribution is 2.29. The van der Waals surface area contributed by atoms with E-state index in [0.29, 0.717) is 11.6 Å². The number of amides is 1. The second kappa shape index (κ2) is 7.90. The minimum Gasteiger partial charge on any atom is -0.309 e.